The molecule has 2 aliphatic rings. The summed E-state index contributed by atoms with van der Waals surface area (Å²) >= 11 is 0. The highest BCUT2D eigenvalue weighted by atomic mass is 16.5. The average molecular weight is 352 g/mol. The molecule has 0 bridgehead atoms. The first-order valence-electron chi connectivity index (χ1n) is 9.85. The fourth-order valence-electron chi connectivity index (χ4n) is 3.68. The van der Waals surface area contributed by atoms with Crippen molar-refractivity contribution < 1.29 is 4.74 Å². The van der Waals surface area contributed by atoms with E-state index in [1.54, 1.807) is 0 Å². The van der Waals surface area contributed by atoms with Gasteiger partial charge in [-0.1, -0.05) is 6.08 Å². The smallest absolute Gasteiger partial charge is 0.191 e. The van der Waals surface area contributed by atoms with Crippen molar-refractivity contribution in [3.05, 3.63) is 12.7 Å². The molecule has 2 unspecified atom stereocenters. The number of aliphatic imine (C=N–C) groups is 1. The van der Waals surface area contributed by atoms with Crippen LogP contribution in [-0.4, -0.2) is 86.4 Å². The number of nitrogens with one attached hydrogen (secondary N) is 2. The fraction of sp³-hybridized carbons (Fsp3) is 0.842. The third kappa shape index (κ3) is 6.60. The number of hydrogen-bond acceptors (Lipinski definition) is 4. The molecular formula is C19H37N5O. The Bertz CT molecular complexity index is 420. The minimum Gasteiger partial charge on any atom is -0.379 e. The summed E-state index contributed by atoms with van der Waals surface area (Å²) in [5.74, 6) is 0.956. The molecule has 0 spiro atoms. The van der Waals surface area contributed by atoms with Crippen LogP contribution in [0.15, 0.2) is 17.6 Å². The van der Waals surface area contributed by atoms with E-state index in [1.165, 1.54) is 0 Å². The van der Waals surface area contributed by atoms with E-state index in [2.05, 4.69) is 47.8 Å². The lowest BCUT2D eigenvalue weighted by Crippen LogP contribution is -2.51. The second kappa shape index (κ2) is 10.8. The number of guanidine groups is 1. The van der Waals surface area contributed by atoms with E-state index < -0.39 is 0 Å². The summed E-state index contributed by atoms with van der Waals surface area (Å²) in [6.07, 6.45) is 4.32. The highest BCUT2D eigenvalue weighted by molar-refractivity contribution is 5.80. The Kier molecular flexibility index (Phi) is 8.72. The lowest BCUT2D eigenvalue weighted by Gasteiger charge is -2.37. The summed E-state index contributed by atoms with van der Waals surface area (Å²) in [6.45, 7) is 18.1. The van der Waals surface area contributed by atoms with Crippen molar-refractivity contribution in [1.82, 2.24) is 20.4 Å². The normalized spacial score (nSPS) is 25.6. The number of likely N-dealkylation sites (tertiary alicyclic amines) is 1. The first-order chi connectivity index (χ1) is 12.1. The van der Waals surface area contributed by atoms with Gasteiger partial charge in [-0.2, -0.15) is 0 Å². The number of rotatable bonds is 7. The Labute approximate surface area is 153 Å². The molecule has 25 heavy (non-hydrogen) atoms. The van der Waals surface area contributed by atoms with Gasteiger partial charge in [0.25, 0.3) is 0 Å². The molecule has 2 atom stereocenters. The summed E-state index contributed by atoms with van der Waals surface area (Å²) in [7, 11) is 0. The predicted molar refractivity (Wildman–Crippen MR) is 105 cm³/mol. The number of piperidine rings is 1. The molecule has 144 valence electrons. The van der Waals surface area contributed by atoms with Gasteiger partial charge in [0.15, 0.2) is 5.96 Å². The van der Waals surface area contributed by atoms with E-state index in [9.17, 15) is 0 Å². The van der Waals surface area contributed by atoms with E-state index in [4.69, 9.17) is 9.73 Å². The Morgan fingerprint density at radius 1 is 1.36 bits per heavy atom. The quantitative estimate of drug-likeness (QED) is 0.411. The first-order valence-corrected chi connectivity index (χ1v) is 9.85. The highest BCUT2D eigenvalue weighted by Gasteiger charge is 2.24. The van der Waals surface area contributed by atoms with Gasteiger partial charge in [0.1, 0.15) is 0 Å². The number of hydrogen-bond donors (Lipinski definition) is 2. The van der Waals surface area contributed by atoms with Crippen LogP contribution >= 0.6 is 0 Å². The Hall–Kier alpha value is -1.11. The van der Waals surface area contributed by atoms with E-state index >= 15 is 0 Å². The molecule has 0 aromatic rings. The second-order valence-electron chi connectivity index (χ2n) is 7.24. The number of ether oxygens (including phenoxy) is 1. The molecule has 0 saturated carbocycles. The minimum absolute atomic E-state index is 0.434. The first kappa shape index (κ1) is 20.2. The van der Waals surface area contributed by atoms with Crippen molar-refractivity contribution >= 4 is 5.96 Å². The SMILES string of the molecule is C=CCN1CCC(NC(=NCC(C)N2CCOCC2C)NCC)CC1. The van der Waals surface area contributed by atoms with Gasteiger partial charge in [-0.25, -0.2) is 0 Å². The summed E-state index contributed by atoms with van der Waals surface area (Å²) < 4.78 is 5.54. The van der Waals surface area contributed by atoms with Crippen molar-refractivity contribution in [3.63, 3.8) is 0 Å². The Balaban J connectivity index is 1.82. The van der Waals surface area contributed by atoms with Crippen LogP contribution in [-0.2, 0) is 4.74 Å². The average Bonchev–Trinajstić information content (AvgIpc) is 2.62. The molecule has 2 rings (SSSR count). The molecule has 0 radical (unpaired) electrons. The molecule has 0 aromatic carbocycles. The summed E-state index contributed by atoms with van der Waals surface area (Å²) in [6, 6.07) is 1.42. The molecule has 2 saturated heterocycles. The van der Waals surface area contributed by atoms with Crippen LogP contribution in [0.3, 0.4) is 0 Å². The highest BCUT2D eigenvalue weighted by Crippen LogP contribution is 2.12. The molecule has 6 nitrogen and oxygen atoms in total. The van der Waals surface area contributed by atoms with Gasteiger partial charge in [0.05, 0.1) is 19.8 Å². The summed E-state index contributed by atoms with van der Waals surface area (Å²) in [5, 5.41) is 7.03. The van der Waals surface area contributed by atoms with Gasteiger partial charge >= 0.3 is 0 Å². The monoisotopic (exact) mass is 351 g/mol. The van der Waals surface area contributed by atoms with Crippen LogP contribution in [0, 0.1) is 0 Å². The molecular weight excluding hydrogens is 314 g/mol. The lowest BCUT2D eigenvalue weighted by molar-refractivity contribution is -0.0165. The Morgan fingerprint density at radius 2 is 2.12 bits per heavy atom. The maximum atomic E-state index is 5.54. The number of morpholine rings is 1. The lowest BCUT2D eigenvalue weighted by atomic mass is 10.1. The van der Waals surface area contributed by atoms with Crippen LogP contribution in [0.1, 0.15) is 33.6 Å². The molecule has 0 aromatic heterocycles. The largest absolute Gasteiger partial charge is 0.379 e. The van der Waals surface area contributed by atoms with Gasteiger partial charge in [-0.3, -0.25) is 14.8 Å². The molecule has 6 heteroatoms. The maximum absolute atomic E-state index is 5.54. The number of nitrogens with zero attached hydrogens (tertiary/aromatic N) is 3. The third-order valence-corrected chi connectivity index (χ3v) is 5.16. The van der Waals surface area contributed by atoms with Crippen LogP contribution in [0.2, 0.25) is 0 Å². The zero-order valence-electron chi connectivity index (χ0n) is 16.3. The second-order valence-corrected chi connectivity index (χ2v) is 7.24. The zero-order chi connectivity index (χ0) is 18.1. The topological polar surface area (TPSA) is 52.1 Å². The van der Waals surface area contributed by atoms with E-state index in [-0.39, 0.29) is 0 Å². The molecule has 2 heterocycles. The van der Waals surface area contributed by atoms with Crippen molar-refractivity contribution in [1.29, 1.82) is 0 Å². The summed E-state index contributed by atoms with van der Waals surface area (Å²) in [5.41, 5.74) is 0. The van der Waals surface area contributed by atoms with Gasteiger partial charge in [-0.05, 0) is 33.6 Å². The van der Waals surface area contributed by atoms with E-state index in [0.717, 1.165) is 71.3 Å². The van der Waals surface area contributed by atoms with Gasteiger partial charge in [0.2, 0.25) is 0 Å². The Morgan fingerprint density at radius 3 is 2.76 bits per heavy atom. The van der Waals surface area contributed by atoms with E-state index in [1.807, 2.05) is 6.08 Å². The van der Waals surface area contributed by atoms with Crippen LogP contribution in [0.5, 0.6) is 0 Å². The van der Waals surface area contributed by atoms with Gasteiger partial charge in [0, 0.05) is 50.8 Å². The minimum atomic E-state index is 0.434. The van der Waals surface area contributed by atoms with Crippen LogP contribution < -0.4 is 10.6 Å². The van der Waals surface area contributed by atoms with Crippen molar-refractivity contribution in [3.8, 4) is 0 Å². The fourth-order valence-corrected chi connectivity index (χ4v) is 3.68. The maximum Gasteiger partial charge on any atom is 0.191 e. The van der Waals surface area contributed by atoms with Crippen LogP contribution in [0.25, 0.3) is 0 Å². The molecule has 2 fully saturated rings. The molecule has 2 N–H and O–H groups in total. The molecule has 0 amide bonds. The van der Waals surface area contributed by atoms with Crippen molar-refractivity contribution in [2.24, 2.45) is 4.99 Å². The molecule has 0 aliphatic carbocycles. The standard InChI is InChI=1S/C19H37N5O/c1-5-9-23-10-7-18(8-11-23)22-19(20-6-2)21-14-16(3)24-12-13-25-15-17(24)4/h5,16-18H,1,6-15H2,2-4H3,(H2,20,21,22). The summed E-state index contributed by atoms with van der Waals surface area (Å²) in [4.78, 5) is 9.81. The van der Waals surface area contributed by atoms with Gasteiger partial charge < -0.3 is 15.4 Å². The zero-order valence-corrected chi connectivity index (χ0v) is 16.3. The van der Waals surface area contributed by atoms with E-state index in [0.29, 0.717) is 18.1 Å². The van der Waals surface area contributed by atoms with Gasteiger partial charge in [-0.15, -0.1) is 6.58 Å². The predicted octanol–water partition coefficient (Wildman–Crippen LogP) is 1.30. The van der Waals surface area contributed by atoms with Crippen molar-refractivity contribution in [2.75, 3.05) is 52.5 Å². The van der Waals surface area contributed by atoms with Crippen LogP contribution in [0.4, 0.5) is 0 Å². The third-order valence-electron chi connectivity index (χ3n) is 5.16. The molecule has 2 aliphatic heterocycles. The van der Waals surface area contributed by atoms with Crippen molar-refractivity contribution in [2.45, 2.75) is 51.7 Å².